The molecular formula is C26H29N3O6S2. The number of hydrogen-bond donors (Lipinski definition) is 2. The normalized spacial score (nSPS) is 13.5. The van der Waals surface area contributed by atoms with Gasteiger partial charge in [-0.15, -0.1) is 0 Å². The lowest BCUT2D eigenvalue weighted by atomic mass is 10.0. The minimum absolute atomic E-state index is 0.0865. The number of nitrogens with zero attached hydrogens (tertiary/aromatic N) is 1. The van der Waals surface area contributed by atoms with Crippen molar-refractivity contribution in [3.05, 3.63) is 71.8 Å². The third-order valence-corrected chi connectivity index (χ3v) is 9.49. The summed E-state index contributed by atoms with van der Waals surface area (Å²) in [6, 6.07) is 15.7. The first kappa shape index (κ1) is 26.5. The molecule has 0 saturated heterocycles. The van der Waals surface area contributed by atoms with Crippen molar-refractivity contribution in [2.45, 2.75) is 42.9 Å². The van der Waals surface area contributed by atoms with Gasteiger partial charge in [0.05, 0.1) is 22.6 Å². The molecule has 1 aliphatic heterocycles. The Kier molecular flexibility index (Phi) is 7.47. The molecule has 0 radical (unpaired) electrons. The second kappa shape index (κ2) is 10.4. The Bertz CT molecular complexity index is 1530. The van der Waals surface area contributed by atoms with Gasteiger partial charge in [0.15, 0.2) is 0 Å². The number of hydrogen-bond acceptors (Lipinski definition) is 6. The molecule has 1 aliphatic rings. The maximum absolute atomic E-state index is 13.3. The molecule has 1 heterocycles. The van der Waals surface area contributed by atoms with Crippen molar-refractivity contribution < 1.29 is 26.4 Å². The Morgan fingerprint density at radius 3 is 2.32 bits per heavy atom. The maximum atomic E-state index is 13.3. The standard InChI is InChI=1S/C26H29N3O6S2/c1-4-26(30)27-20-8-14-25(18(2)16-20)36(31,32)28-21-7-13-24-19(17-21)6-5-15-29(24)37(33,34)23-11-9-22(35-3)10-12-23/h7-14,16-17,28H,4-6,15H2,1-3H3,(H,27,30). The van der Waals surface area contributed by atoms with Gasteiger partial charge >= 0.3 is 0 Å². The molecule has 1 amide bonds. The number of methoxy groups -OCH3 is 1. The van der Waals surface area contributed by atoms with Crippen LogP contribution in [0.15, 0.2) is 70.5 Å². The van der Waals surface area contributed by atoms with Gasteiger partial charge in [0.2, 0.25) is 5.91 Å². The summed E-state index contributed by atoms with van der Waals surface area (Å²) >= 11 is 0. The fraction of sp³-hybridized carbons (Fsp3) is 0.269. The van der Waals surface area contributed by atoms with E-state index in [9.17, 15) is 21.6 Å². The topological polar surface area (TPSA) is 122 Å². The molecule has 0 aliphatic carbocycles. The van der Waals surface area contributed by atoms with Gasteiger partial charge in [-0.2, -0.15) is 0 Å². The highest BCUT2D eigenvalue weighted by Crippen LogP contribution is 2.35. The van der Waals surface area contributed by atoms with Gasteiger partial charge in [-0.3, -0.25) is 13.8 Å². The quantitative estimate of drug-likeness (QED) is 0.437. The van der Waals surface area contributed by atoms with Crippen LogP contribution < -0.4 is 19.1 Å². The number of anilines is 3. The average Bonchev–Trinajstić information content (AvgIpc) is 2.87. The third-order valence-electron chi connectivity index (χ3n) is 6.12. The lowest BCUT2D eigenvalue weighted by Crippen LogP contribution is -2.35. The number of aryl methyl sites for hydroxylation is 2. The first-order chi connectivity index (χ1) is 17.5. The Morgan fingerprint density at radius 2 is 1.68 bits per heavy atom. The van der Waals surface area contributed by atoms with Gasteiger partial charge < -0.3 is 10.1 Å². The highest BCUT2D eigenvalue weighted by Gasteiger charge is 2.29. The third kappa shape index (κ3) is 5.57. The predicted octanol–water partition coefficient (Wildman–Crippen LogP) is 4.29. The number of carbonyl (C=O) groups is 1. The van der Waals surface area contributed by atoms with E-state index in [1.54, 1.807) is 56.3 Å². The average molecular weight is 544 g/mol. The van der Waals surface area contributed by atoms with Crippen LogP contribution in [0.25, 0.3) is 0 Å². The lowest BCUT2D eigenvalue weighted by Gasteiger charge is -2.31. The molecule has 196 valence electrons. The van der Waals surface area contributed by atoms with Crippen LogP contribution in [0.3, 0.4) is 0 Å². The molecule has 0 aromatic heterocycles. The molecule has 3 aromatic rings. The number of nitrogens with one attached hydrogen (secondary N) is 2. The van der Waals surface area contributed by atoms with Crippen LogP contribution in [0.2, 0.25) is 0 Å². The molecule has 4 rings (SSSR count). The van der Waals surface area contributed by atoms with E-state index in [1.807, 2.05) is 0 Å². The minimum Gasteiger partial charge on any atom is -0.497 e. The first-order valence-corrected chi connectivity index (χ1v) is 14.7. The van der Waals surface area contributed by atoms with Crippen LogP contribution >= 0.6 is 0 Å². The van der Waals surface area contributed by atoms with E-state index in [0.29, 0.717) is 54.2 Å². The Labute approximate surface area is 217 Å². The SMILES string of the molecule is CCC(=O)Nc1ccc(S(=O)(=O)Nc2ccc3c(c2)CCCN3S(=O)(=O)c2ccc(OC)cc2)c(C)c1. The largest absolute Gasteiger partial charge is 0.497 e. The van der Waals surface area contributed by atoms with Gasteiger partial charge in [-0.25, -0.2) is 16.8 Å². The highest BCUT2D eigenvalue weighted by atomic mass is 32.2. The van der Waals surface area contributed by atoms with Gasteiger partial charge in [0.25, 0.3) is 20.0 Å². The van der Waals surface area contributed by atoms with Crippen molar-refractivity contribution in [1.29, 1.82) is 0 Å². The van der Waals surface area contributed by atoms with Gasteiger partial charge in [0, 0.05) is 24.3 Å². The maximum Gasteiger partial charge on any atom is 0.264 e. The van der Waals surface area contributed by atoms with E-state index in [-0.39, 0.29) is 15.7 Å². The number of rotatable bonds is 8. The Morgan fingerprint density at radius 1 is 0.973 bits per heavy atom. The first-order valence-electron chi connectivity index (χ1n) is 11.8. The monoisotopic (exact) mass is 543 g/mol. The zero-order valence-corrected chi connectivity index (χ0v) is 22.4. The van der Waals surface area contributed by atoms with Crippen LogP contribution in [0.1, 0.15) is 30.9 Å². The molecule has 11 heteroatoms. The molecule has 3 aromatic carbocycles. The zero-order chi connectivity index (χ0) is 26.8. The number of fused-ring (bicyclic) bond motifs is 1. The number of sulfonamides is 2. The van der Waals surface area contributed by atoms with E-state index in [2.05, 4.69) is 10.0 Å². The summed E-state index contributed by atoms with van der Waals surface area (Å²) in [5.74, 6) is 0.399. The van der Waals surface area contributed by atoms with Crippen molar-refractivity contribution in [3.63, 3.8) is 0 Å². The predicted molar refractivity (Wildman–Crippen MR) is 143 cm³/mol. The number of ether oxygens (including phenoxy) is 1. The number of carbonyl (C=O) groups excluding carboxylic acids is 1. The molecule has 0 bridgehead atoms. The number of benzene rings is 3. The van der Waals surface area contributed by atoms with Crippen LogP contribution in [0, 0.1) is 6.92 Å². The van der Waals surface area contributed by atoms with Crippen LogP contribution in [-0.4, -0.2) is 36.4 Å². The molecule has 0 unspecified atom stereocenters. The summed E-state index contributed by atoms with van der Waals surface area (Å²) in [5.41, 5.74) is 2.60. The zero-order valence-electron chi connectivity index (χ0n) is 20.8. The van der Waals surface area contributed by atoms with Gasteiger partial charge in [-0.05, 0) is 91.6 Å². The minimum atomic E-state index is -3.92. The fourth-order valence-electron chi connectivity index (χ4n) is 4.24. The van der Waals surface area contributed by atoms with Gasteiger partial charge in [0.1, 0.15) is 5.75 Å². The molecule has 37 heavy (non-hydrogen) atoms. The van der Waals surface area contributed by atoms with E-state index in [1.165, 1.54) is 29.6 Å². The smallest absolute Gasteiger partial charge is 0.264 e. The Balaban J connectivity index is 1.59. The fourth-order valence-corrected chi connectivity index (χ4v) is 7.06. The van der Waals surface area contributed by atoms with E-state index < -0.39 is 20.0 Å². The molecule has 2 N–H and O–H groups in total. The highest BCUT2D eigenvalue weighted by molar-refractivity contribution is 7.93. The van der Waals surface area contributed by atoms with Crippen molar-refractivity contribution >= 4 is 43.0 Å². The van der Waals surface area contributed by atoms with Crippen LogP contribution in [0.5, 0.6) is 5.75 Å². The second-order valence-electron chi connectivity index (χ2n) is 8.69. The van der Waals surface area contributed by atoms with Crippen molar-refractivity contribution in [2.75, 3.05) is 28.0 Å². The van der Waals surface area contributed by atoms with Gasteiger partial charge in [-0.1, -0.05) is 6.92 Å². The van der Waals surface area contributed by atoms with E-state index in [4.69, 9.17) is 4.74 Å². The molecule has 9 nitrogen and oxygen atoms in total. The number of amides is 1. The summed E-state index contributed by atoms with van der Waals surface area (Å²) in [6.07, 6.45) is 1.53. The summed E-state index contributed by atoms with van der Waals surface area (Å²) in [6.45, 7) is 3.72. The summed E-state index contributed by atoms with van der Waals surface area (Å²) < 4.78 is 62.0. The van der Waals surface area contributed by atoms with E-state index >= 15 is 0 Å². The Hall–Kier alpha value is -3.57. The van der Waals surface area contributed by atoms with Crippen LogP contribution in [0.4, 0.5) is 17.1 Å². The van der Waals surface area contributed by atoms with Crippen molar-refractivity contribution in [2.24, 2.45) is 0 Å². The summed E-state index contributed by atoms with van der Waals surface area (Å²) in [7, 11) is -6.21. The van der Waals surface area contributed by atoms with Crippen molar-refractivity contribution in [1.82, 2.24) is 0 Å². The second-order valence-corrected chi connectivity index (χ2v) is 12.2. The van der Waals surface area contributed by atoms with Crippen LogP contribution in [-0.2, 0) is 31.3 Å². The van der Waals surface area contributed by atoms with E-state index in [0.717, 1.165) is 5.56 Å². The summed E-state index contributed by atoms with van der Waals surface area (Å²) in [4.78, 5) is 11.9. The molecule has 0 spiro atoms. The summed E-state index contributed by atoms with van der Waals surface area (Å²) in [5, 5.41) is 2.71. The molecular weight excluding hydrogens is 514 g/mol. The lowest BCUT2D eigenvalue weighted by molar-refractivity contribution is -0.115. The molecule has 0 atom stereocenters. The molecule has 0 saturated carbocycles. The molecule has 0 fully saturated rings. The van der Waals surface area contributed by atoms with Crippen molar-refractivity contribution in [3.8, 4) is 5.75 Å².